The molecule has 4 aromatic rings. The zero-order valence-electron chi connectivity index (χ0n) is 17.2. The molecule has 2 aromatic heterocycles. The van der Waals surface area contributed by atoms with Crippen molar-refractivity contribution >= 4 is 28.3 Å². The van der Waals surface area contributed by atoms with Crippen molar-refractivity contribution < 1.29 is 4.79 Å². The van der Waals surface area contributed by atoms with E-state index in [1.807, 2.05) is 54.0 Å². The standard InChI is InChI=1S/C23H25N5OS/c1-3-4-14-27-21(18-10-6-5-7-11-18)16-30-23(27)26-25-22(29)15-28-17(2)24-19-12-8-9-13-20(19)28/h5-13,16H,3-4,14-15H2,1-2H3,(H,25,29)/b26-23-. The average Bonchev–Trinajstić information content (AvgIpc) is 3.32. The minimum atomic E-state index is -0.169. The fourth-order valence-electron chi connectivity index (χ4n) is 3.48. The molecule has 30 heavy (non-hydrogen) atoms. The second-order valence-electron chi connectivity index (χ2n) is 7.16. The van der Waals surface area contributed by atoms with Crippen molar-refractivity contribution in [2.24, 2.45) is 5.10 Å². The number of hydrogen-bond acceptors (Lipinski definition) is 4. The number of nitrogens with zero attached hydrogens (tertiary/aromatic N) is 4. The summed E-state index contributed by atoms with van der Waals surface area (Å²) in [4.78, 5) is 17.9. The number of benzene rings is 2. The van der Waals surface area contributed by atoms with E-state index in [0.29, 0.717) is 0 Å². The first-order chi connectivity index (χ1) is 14.7. The average molecular weight is 420 g/mol. The predicted octanol–water partition coefficient (Wildman–Crippen LogP) is 4.31. The lowest BCUT2D eigenvalue weighted by atomic mass is 10.2. The summed E-state index contributed by atoms with van der Waals surface area (Å²) in [5, 5.41) is 6.54. The van der Waals surface area contributed by atoms with Crippen LogP contribution in [0.2, 0.25) is 0 Å². The van der Waals surface area contributed by atoms with E-state index in [-0.39, 0.29) is 12.5 Å². The fourth-order valence-corrected chi connectivity index (χ4v) is 4.37. The van der Waals surface area contributed by atoms with Gasteiger partial charge in [-0.1, -0.05) is 55.8 Å². The van der Waals surface area contributed by atoms with E-state index in [1.54, 1.807) is 0 Å². The van der Waals surface area contributed by atoms with Crippen molar-refractivity contribution in [1.29, 1.82) is 0 Å². The molecule has 0 spiro atoms. The van der Waals surface area contributed by atoms with Crippen LogP contribution >= 0.6 is 11.3 Å². The van der Waals surface area contributed by atoms with E-state index in [4.69, 9.17) is 0 Å². The van der Waals surface area contributed by atoms with Gasteiger partial charge in [-0.25, -0.2) is 10.4 Å². The van der Waals surface area contributed by atoms with Gasteiger partial charge in [0.15, 0.2) is 0 Å². The summed E-state index contributed by atoms with van der Waals surface area (Å²) in [7, 11) is 0. The maximum Gasteiger partial charge on any atom is 0.260 e. The number of nitrogens with one attached hydrogen (secondary N) is 1. The van der Waals surface area contributed by atoms with Crippen molar-refractivity contribution in [3.63, 3.8) is 0 Å². The highest BCUT2D eigenvalue weighted by molar-refractivity contribution is 7.07. The summed E-state index contributed by atoms with van der Waals surface area (Å²) >= 11 is 1.54. The van der Waals surface area contributed by atoms with E-state index < -0.39 is 0 Å². The first-order valence-corrected chi connectivity index (χ1v) is 11.0. The predicted molar refractivity (Wildman–Crippen MR) is 121 cm³/mol. The van der Waals surface area contributed by atoms with Crippen molar-refractivity contribution in [1.82, 2.24) is 19.5 Å². The summed E-state index contributed by atoms with van der Waals surface area (Å²) in [6.07, 6.45) is 2.15. The molecule has 6 nitrogen and oxygen atoms in total. The molecular formula is C23H25N5OS. The number of fused-ring (bicyclic) bond motifs is 1. The fraction of sp³-hybridized carbons (Fsp3) is 0.261. The molecule has 2 heterocycles. The summed E-state index contributed by atoms with van der Waals surface area (Å²) in [5.74, 6) is 0.643. The molecule has 7 heteroatoms. The molecule has 4 rings (SSSR count). The number of imidazole rings is 1. The highest BCUT2D eigenvalue weighted by atomic mass is 32.1. The van der Waals surface area contributed by atoms with Gasteiger partial charge in [-0.15, -0.1) is 16.4 Å². The number of carbonyl (C=O) groups is 1. The Morgan fingerprint density at radius 2 is 1.87 bits per heavy atom. The zero-order chi connectivity index (χ0) is 20.9. The molecule has 0 aliphatic heterocycles. The Labute approximate surface area is 179 Å². The van der Waals surface area contributed by atoms with Gasteiger partial charge in [0.2, 0.25) is 4.80 Å². The third-order valence-corrected chi connectivity index (χ3v) is 5.89. The topological polar surface area (TPSA) is 64.2 Å². The number of para-hydroxylation sites is 2. The Morgan fingerprint density at radius 3 is 2.67 bits per heavy atom. The maximum atomic E-state index is 12.6. The van der Waals surface area contributed by atoms with E-state index in [1.165, 1.54) is 11.3 Å². The summed E-state index contributed by atoms with van der Waals surface area (Å²) in [6.45, 7) is 5.13. The van der Waals surface area contributed by atoms with E-state index in [0.717, 1.165) is 52.3 Å². The lowest BCUT2D eigenvalue weighted by molar-refractivity contribution is -0.121. The Bertz CT molecular complexity index is 1220. The molecule has 1 amide bonds. The third-order valence-electron chi connectivity index (χ3n) is 5.03. The Morgan fingerprint density at radius 1 is 1.10 bits per heavy atom. The Hall–Kier alpha value is -3.19. The number of carbonyl (C=O) groups excluding carboxylic acids is 1. The highest BCUT2D eigenvalue weighted by Crippen LogP contribution is 2.20. The van der Waals surface area contributed by atoms with Gasteiger partial charge >= 0.3 is 0 Å². The van der Waals surface area contributed by atoms with Gasteiger partial charge < -0.3 is 9.13 Å². The van der Waals surface area contributed by atoms with Gasteiger partial charge in [-0.2, -0.15) is 0 Å². The number of rotatable bonds is 7. The van der Waals surface area contributed by atoms with E-state index in [9.17, 15) is 4.79 Å². The zero-order valence-corrected chi connectivity index (χ0v) is 18.0. The number of thiazole rings is 1. The van der Waals surface area contributed by atoms with Crippen LogP contribution in [0.3, 0.4) is 0 Å². The second-order valence-corrected chi connectivity index (χ2v) is 7.99. The van der Waals surface area contributed by atoms with Gasteiger partial charge in [0.25, 0.3) is 5.91 Å². The van der Waals surface area contributed by atoms with Crippen LogP contribution in [-0.2, 0) is 17.9 Å². The SMILES string of the molecule is CCCCn1c(-c2ccccc2)cs/c1=N\NC(=O)Cn1c(C)nc2ccccc21. The van der Waals surface area contributed by atoms with Crippen molar-refractivity contribution in [2.75, 3.05) is 0 Å². The van der Waals surface area contributed by atoms with Gasteiger partial charge in [0, 0.05) is 11.9 Å². The summed E-state index contributed by atoms with van der Waals surface area (Å²) in [5.41, 5.74) is 6.85. The maximum absolute atomic E-state index is 12.6. The smallest absolute Gasteiger partial charge is 0.260 e. The Kier molecular flexibility index (Phi) is 6.09. The molecular weight excluding hydrogens is 394 g/mol. The first kappa shape index (κ1) is 20.1. The molecule has 0 aliphatic rings. The summed E-state index contributed by atoms with van der Waals surface area (Å²) < 4.78 is 4.09. The number of hydrogen-bond donors (Lipinski definition) is 1. The largest absolute Gasteiger partial charge is 0.319 e. The minimum absolute atomic E-state index is 0.169. The minimum Gasteiger partial charge on any atom is -0.319 e. The number of aromatic nitrogens is 3. The molecule has 0 radical (unpaired) electrons. The van der Waals surface area contributed by atoms with Gasteiger partial charge in [0.05, 0.1) is 16.7 Å². The van der Waals surface area contributed by atoms with Crippen molar-refractivity contribution in [2.45, 2.75) is 39.8 Å². The van der Waals surface area contributed by atoms with Crippen LogP contribution in [0.15, 0.2) is 65.1 Å². The van der Waals surface area contributed by atoms with Crippen LogP contribution in [0.5, 0.6) is 0 Å². The molecule has 0 aliphatic carbocycles. The summed E-state index contributed by atoms with van der Waals surface area (Å²) in [6, 6.07) is 18.1. The first-order valence-electron chi connectivity index (χ1n) is 10.2. The van der Waals surface area contributed by atoms with Crippen molar-refractivity contribution in [3.05, 3.63) is 70.6 Å². The van der Waals surface area contributed by atoms with Crippen LogP contribution in [0.25, 0.3) is 22.3 Å². The number of aryl methyl sites for hydroxylation is 1. The van der Waals surface area contributed by atoms with Crippen LogP contribution in [0.1, 0.15) is 25.6 Å². The molecule has 1 N–H and O–H groups in total. The van der Waals surface area contributed by atoms with Crippen LogP contribution in [0.4, 0.5) is 0 Å². The molecule has 0 saturated carbocycles. The molecule has 0 fully saturated rings. The molecule has 0 saturated heterocycles. The second kappa shape index (κ2) is 9.09. The number of amides is 1. The lowest BCUT2D eigenvalue weighted by Crippen LogP contribution is -2.28. The Balaban J connectivity index is 1.58. The highest BCUT2D eigenvalue weighted by Gasteiger charge is 2.11. The van der Waals surface area contributed by atoms with E-state index in [2.05, 4.69) is 44.5 Å². The van der Waals surface area contributed by atoms with Crippen LogP contribution in [-0.4, -0.2) is 20.0 Å². The molecule has 0 bridgehead atoms. The monoisotopic (exact) mass is 419 g/mol. The van der Waals surface area contributed by atoms with Crippen LogP contribution in [0, 0.1) is 6.92 Å². The number of unbranched alkanes of at least 4 members (excludes halogenated alkanes) is 1. The molecule has 2 aromatic carbocycles. The van der Waals surface area contributed by atoms with Crippen molar-refractivity contribution in [3.8, 4) is 11.3 Å². The molecule has 0 atom stereocenters. The van der Waals surface area contributed by atoms with Crippen LogP contribution < -0.4 is 10.2 Å². The van der Waals surface area contributed by atoms with E-state index >= 15 is 0 Å². The van der Waals surface area contributed by atoms with Gasteiger partial charge in [0.1, 0.15) is 12.4 Å². The van der Waals surface area contributed by atoms with Gasteiger partial charge in [-0.05, 0) is 31.0 Å². The third kappa shape index (κ3) is 4.21. The molecule has 154 valence electrons. The lowest BCUT2D eigenvalue weighted by Gasteiger charge is -2.09. The molecule has 0 unspecified atom stereocenters. The quantitative estimate of drug-likeness (QED) is 0.454. The van der Waals surface area contributed by atoms with Gasteiger partial charge in [-0.3, -0.25) is 4.79 Å². The normalized spacial score (nSPS) is 11.9.